The summed E-state index contributed by atoms with van der Waals surface area (Å²) in [5.41, 5.74) is 6.34. The van der Waals surface area contributed by atoms with Crippen LogP contribution in [-0.2, 0) is 21.1 Å². The maximum absolute atomic E-state index is 11.9. The van der Waals surface area contributed by atoms with Gasteiger partial charge in [0, 0.05) is 19.8 Å². The molecule has 6 heteroatoms. The molecule has 0 saturated heterocycles. The van der Waals surface area contributed by atoms with Gasteiger partial charge < -0.3 is 15.6 Å². The first kappa shape index (κ1) is 15.1. The van der Waals surface area contributed by atoms with Crippen LogP contribution in [0.5, 0.6) is 0 Å². The minimum absolute atomic E-state index is 0.0489. The first-order valence-corrected chi connectivity index (χ1v) is 7.46. The molecule has 0 radical (unpaired) electrons. The van der Waals surface area contributed by atoms with Crippen LogP contribution in [0.25, 0.3) is 0 Å². The Hall–Kier alpha value is -0.950. The molecule has 5 nitrogen and oxygen atoms in total. The van der Waals surface area contributed by atoms with E-state index in [9.17, 15) is 8.42 Å². The lowest BCUT2D eigenvalue weighted by atomic mass is 10.2. The third kappa shape index (κ3) is 4.73. The zero-order chi connectivity index (χ0) is 13.4. The van der Waals surface area contributed by atoms with Crippen LogP contribution in [-0.4, -0.2) is 39.1 Å². The summed E-state index contributed by atoms with van der Waals surface area (Å²) in [6.07, 6.45) is 0.519. The van der Waals surface area contributed by atoms with Crippen molar-refractivity contribution >= 4 is 9.84 Å². The number of benzene rings is 1. The van der Waals surface area contributed by atoms with E-state index in [-0.39, 0.29) is 23.9 Å². The number of hydrogen-bond donors (Lipinski definition) is 2. The van der Waals surface area contributed by atoms with Gasteiger partial charge in [-0.25, -0.2) is 8.42 Å². The Balaban J connectivity index is 2.51. The molecule has 0 unspecified atom stereocenters. The molecule has 102 valence electrons. The fourth-order valence-electron chi connectivity index (χ4n) is 1.39. The number of sulfone groups is 1. The van der Waals surface area contributed by atoms with Crippen LogP contribution in [0, 0.1) is 0 Å². The number of aliphatic hydroxyl groups excluding tert-OH is 1. The van der Waals surface area contributed by atoms with Crippen LogP contribution in [0.2, 0.25) is 0 Å². The van der Waals surface area contributed by atoms with Crippen molar-refractivity contribution in [3.8, 4) is 0 Å². The van der Waals surface area contributed by atoms with Gasteiger partial charge in [0.25, 0.3) is 0 Å². The summed E-state index contributed by atoms with van der Waals surface area (Å²) in [4.78, 5) is 0.283. The van der Waals surface area contributed by atoms with Crippen LogP contribution in [0.3, 0.4) is 0 Å². The first-order chi connectivity index (χ1) is 8.60. The fraction of sp³-hybridized carbons (Fsp3) is 0.500. The summed E-state index contributed by atoms with van der Waals surface area (Å²) < 4.78 is 28.9. The number of rotatable bonds is 8. The second kappa shape index (κ2) is 7.48. The van der Waals surface area contributed by atoms with Gasteiger partial charge in [0.15, 0.2) is 9.84 Å². The average molecular weight is 273 g/mol. The van der Waals surface area contributed by atoms with Crippen molar-refractivity contribution in [1.82, 2.24) is 0 Å². The van der Waals surface area contributed by atoms with Gasteiger partial charge in [-0.2, -0.15) is 0 Å². The highest BCUT2D eigenvalue weighted by Gasteiger charge is 2.13. The van der Waals surface area contributed by atoms with Gasteiger partial charge in [-0.15, -0.1) is 0 Å². The SMILES string of the molecule is NCc1ccc(S(=O)(=O)CCOCCCO)cc1. The molecule has 1 aromatic carbocycles. The number of aliphatic hydroxyl groups is 1. The molecule has 0 aliphatic heterocycles. The van der Waals surface area contributed by atoms with Crippen molar-refractivity contribution in [3.63, 3.8) is 0 Å². The molecule has 3 N–H and O–H groups in total. The maximum atomic E-state index is 11.9. The largest absolute Gasteiger partial charge is 0.396 e. The van der Waals surface area contributed by atoms with Gasteiger partial charge >= 0.3 is 0 Å². The van der Waals surface area contributed by atoms with Crippen molar-refractivity contribution in [3.05, 3.63) is 29.8 Å². The Morgan fingerprint density at radius 2 is 1.83 bits per heavy atom. The highest BCUT2D eigenvalue weighted by Crippen LogP contribution is 2.12. The minimum atomic E-state index is -3.30. The molecular formula is C12H19NO4S. The fourth-order valence-corrected chi connectivity index (χ4v) is 2.51. The maximum Gasteiger partial charge on any atom is 0.180 e. The Bertz CT molecular complexity index is 442. The van der Waals surface area contributed by atoms with Crippen LogP contribution in [0.15, 0.2) is 29.2 Å². The molecule has 0 aliphatic rings. The Morgan fingerprint density at radius 3 is 2.39 bits per heavy atom. The van der Waals surface area contributed by atoms with Crippen molar-refractivity contribution in [2.24, 2.45) is 5.73 Å². The standard InChI is InChI=1S/C12H19NO4S/c13-10-11-2-4-12(5-3-11)18(15,16)9-8-17-7-1-6-14/h2-5,14H,1,6-10,13H2. The van der Waals surface area contributed by atoms with Crippen LogP contribution in [0.1, 0.15) is 12.0 Å². The lowest BCUT2D eigenvalue weighted by molar-refractivity contribution is 0.128. The molecule has 1 aromatic rings. The first-order valence-electron chi connectivity index (χ1n) is 5.80. The van der Waals surface area contributed by atoms with E-state index in [0.29, 0.717) is 19.6 Å². The highest BCUT2D eigenvalue weighted by molar-refractivity contribution is 7.91. The number of ether oxygens (including phenoxy) is 1. The van der Waals surface area contributed by atoms with E-state index in [1.165, 1.54) is 0 Å². The zero-order valence-electron chi connectivity index (χ0n) is 10.2. The van der Waals surface area contributed by atoms with Gasteiger partial charge in [-0.3, -0.25) is 0 Å². The number of nitrogens with two attached hydrogens (primary N) is 1. The van der Waals surface area contributed by atoms with Crippen LogP contribution >= 0.6 is 0 Å². The summed E-state index contributed by atoms with van der Waals surface area (Å²) in [6, 6.07) is 6.54. The quantitative estimate of drug-likeness (QED) is 0.666. The Labute approximate surface area is 107 Å². The molecule has 0 aromatic heterocycles. The molecular weight excluding hydrogens is 254 g/mol. The summed E-state index contributed by atoms with van der Waals surface area (Å²) in [5.74, 6) is -0.0552. The van der Waals surface area contributed by atoms with Gasteiger partial charge in [-0.05, 0) is 24.1 Å². The van der Waals surface area contributed by atoms with E-state index in [1.807, 2.05) is 0 Å². The van der Waals surface area contributed by atoms with Crippen molar-refractivity contribution in [2.45, 2.75) is 17.9 Å². The molecule has 0 spiro atoms. The van der Waals surface area contributed by atoms with E-state index in [0.717, 1.165) is 5.56 Å². The van der Waals surface area contributed by atoms with Gasteiger partial charge in [0.2, 0.25) is 0 Å². The van der Waals surface area contributed by atoms with Crippen LogP contribution in [0.4, 0.5) is 0 Å². The zero-order valence-corrected chi connectivity index (χ0v) is 11.0. The molecule has 0 amide bonds. The molecule has 18 heavy (non-hydrogen) atoms. The lowest BCUT2D eigenvalue weighted by Gasteiger charge is -2.06. The Morgan fingerprint density at radius 1 is 1.17 bits per heavy atom. The molecule has 0 saturated carbocycles. The van der Waals surface area contributed by atoms with Crippen LogP contribution < -0.4 is 5.73 Å². The number of hydrogen-bond acceptors (Lipinski definition) is 5. The highest BCUT2D eigenvalue weighted by atomic mass is 32.2. The minimum Gasteiger partial charge on any atom is -0.396 e. The Kier molecular flexibility index (Phi) is 6.28. The van der Waals surface area contributed by atoms with E-state index in [4.69, 9.17) is 15.6 Å². The predicted molar refractivity (Wildman–Crippen MR) is 68.9 cm³/mol. The topological polar surface area (TPSA) is 89.6 Å². The smallest absolute Gasteiger partial charge is 0.180 e. The van der Waals surface area contributed by atoms with Crippen molar-refractivity contribution in [1.29, 1.82) is 0 Å². The predicted octanol–water partition coefficient (Wildman–Crippen LogP) is 0.318. The van der Waals surface area contributed by atoms with Gasteiger partial charge in [-0.1, -0.05) is 12.1 Å². The third-order valence-corrected chi connectivity index (χ3v) is 4.16. The lowest BCUT2D eigenvalue weighted by Crippen LogP contribution is -2.13. The second-order valence-electron chi connectivity index (χ2n) is 3.86. The molecule has 0 aliphatic carbocycles. The average Bonchev–Trinajstić information content (AvgIpc) is 2.38. The summed E-state index contributed by atoms with van der Waals surface area (Å²) in [5, 5.41) is 8.54. The normalized spacial score (nSPS) is 11.7. The molecule has 0 bridgehead atoms. The van der Waals surface area contributed by atoms with Crippen molar-refractivity contribution in [2.75, 3.05) is 25.6 Å². The summed E-state index contributed by atoms with van der Waals surface area (Å²) in [6.45, 7) is 0.955. The van der Waals surface area contributed by atoms with Crippen molar-refractivity contribution < 1.29 is 18.3 Å². The summed E-state index contributed by atoms with van der Waals surface area (Å²) in [7, 11) is -3.30. The van der Waals surface area contributed by atoms with Gasteiger partial charge in [0.05, 0.1) is 17.3 Å². The van der Waals surface area contributed by atoms with E-state index in [2.05, 4.69) is 0 Å². The van der Waals surface area contributed by atoms with E-state index < -0.39 is 9.84 Å². The van der Waals surface area contributed by atoms with Gasteiger partial charge in [0.1, 0.15) is 0 Å². The molecule has 1 rings (SSSR count). The van der Waals surface area contributed by atoms with E-state index >= 15 is 0 Å². The van der Waals surface area contributed by atoms with E-state index in [1.54, 1.807) is 24.3 Å². The monoisotopic (exact) mass is 273 g/mol. The summed E-state index contributed by atoms with van der Waals surface area (Å²) >= 11 is 0. The molecule has 0 heterocycles. The third-order valence-electron chi connectivity index (χ3n) is 2.46. The molecule has 0 atom stereocenters. The second-order valence-corrected chi connectivity index (χ2v) is 5.97. The molecule has 0 fully saturated rings.